The van der Waals surface area contributed by atoms with Gasteiger partial charge < -0.3 is 29.2 Å². The second-order valence-corrected chi connectivity index (χ2v) is 6.20. The molecule has 0 spiro atoms. The summed E-state index contributed by atoms with van der Waals surface area (Å²) in [6.07, 6.45) is -0.704. The van der Waals surface area contributed by atoms with Crippen molar-refractivity contribution in [1.29, 1.82) is 0 Å². The molecule has 0 bridgehead atoms. The van der Waals surface area contributed by atoms with Gasteiger partial charge in [-0.3, -0.25) is 0 Å². The molecule has 2 aliphatic rings. The number of hydrogen-bond acceptors (Lipinski definition) is 8. The Balaban J connectivity index is 0.000000131. The third-order valence-corrected chi connectivity index (χ3v) is 4.37. The van der Waals surface area contributed by atoms with E-state index in [-0.39, 0.29) is 12.7 Å². The average Bonchev–Trinajstić information content (AvgIpc) is 3.16. The van der Waals surface area contributed by atoms with Crippen molar-refractivity contribution >= 4 is 22.7 Å². The average molecular weight is 344 g/mol. The molecule has 2 N–H and O–H groups in total. The van der Waals surface area contributed by atoms with E-state index in [1.165, 1.54) is 22.7 Å². The zero-order valence-corrected chi connectivity index (χ0v) is 13.3. The summed E-state index contributed by atoms with van der Waals surface area (Å²) in [5.41, 5.74) is 0. The van der Waals surface area contributed by atoms with Crippen molar-refractivity contribution in [3.63, 3.8) is 0 Å². The minimum absolute atomic E-state index is 0.00921. The van der Waals surface area contributed by atoms with Crippen LogP contribution in [-0.4, -0.2) is 48.8 Å². The van der Waals surface area contributed by atoms with Gasteiger partial charge in [0.2, 0.25) is 0 Å². The maximum absolute atomic E-state index is 9.13. The van der Waals surface area contributed by atoms with Crippen LogP contribution in [0.1, 0.15) is 0 Å². The normalized spacial score (nSPS) is 19.8. The van der Waals surface area contributed by atoms with Crippen molar-refractivity contribution in [3.8, 4) is 23.0 Å². The summed E-state index contributed by atoms with van der Waals surface area (Å²) in [6, 6.07) is 0. The van der Waals surface area contributed by atoms with E-state index in [2.05, 4.69) is 0 Å². The second-order valence-electron chi connectivity index (χ2n) is 4.71. The van der Waals surface area contributed by atoms with Crippen LogP contribution < -0.4 is 18.9 Å². The number of hydrogen-bond donors (Lipinski definition) is 2. The van der Waals surface area contributed by atoms with E-state index >= 15 is 0 Å². The molecule has 2 aliphatic heterocycles. The van der Waals surface area contributed by atoms with Gasteiger partial charge in [-0.05, 0) is 0 Å². The van der Waals surface area contributed by atoms with E-state index in [1.54, 1.807) is 0 Å². The largest absolute Gasteiger partial charge is 0.486 e. The summed E-state index contributed by atoms with van der Waals surface area (Å²) in [7, 11) is 0. The minimum Gasteiger partial charge on any atom is -0.486 e. The van der Waals surface area contributed by atoms with Gasteiger partial charge in [-0.25, -0.2) is 0 Å². The molecule has 4 rings (SSSR count). The van der Waals surface area contributed by atoms with Gasteiger partial charge in [0.15, 0.2) is 29.1 Å². The van der Waals surface area contributed by atoms with Gasteiger partial charge in [0.1, 0.15) is 25.9 Å². The molecule has 0 radical (unpaired) electrons. The Morgan fingerprint density at radius 3 is 1.95 bits per heavy atom. The lowest BCUT2D eigenvalue weighted by Gasteiger charge is -2.22. The summed E-state index contributed by atoms with van der Waals surface area (Å²) in [4.78, 5) is 0. The van der Waals surface area contributed by atoms with E-state index in [4.69, 9.17) is 29.2 Å². The summed E-state index contributed by atoms with van der Waals surface area (Å²) in [6.45, 7) is 1.10. The highest BCUT2D eigenvalue weighted by atomic mass is 32.1. The molecule has 1 unspecified atom stereocenters. The number of aliphatic hydroxyl groups excluding tert-OH is 2. The van der Waals surface area contributed by atoms with Gasteiger partial charge in [-0.15, -0.1) is 22.7 Å². The van der Waals surface area contributed by atoms with Gasteiger partial charge in [0, 0.05) is 21.5 Å². The van der Waals surface area contributed by atoms with E-state index in [1.807, 2.05) is 21.5 Å². The lowest BCUT2D eigenvalue weighted by atomic mass is 10.3. The maximum atomic E-state index is 9.13. The molecule has 0 aliphatic carbocycles. The summed E-state index contributed by atoms with van der Waals surface area (Å²) in [5, 5.41) is 25.4. The zero-order chi connectivity index (χ0) is 15.4. The minimum atomic E-state index is -0.507. The maximum Gasteiger partial charge on any atom is 0.172 e. The van der Waals surface area contributed by atoms with Gasteiger partial charge >= 0.3 is 0 Å². The third-order valence-electron chi connectivity index (χ3n) is 2.97. The first-order valence-electron chi connectivity index (χ1n) is 6.72. The van der Waals surface area contributed by atoms with Crippen molar-refractivity contribution in [1.82, 2.24) is 0 Å². The first-order chi connectivity index (χ1) is 10.8. The topological polar surface area (TPSA) is 77.4 Å². The van der Waals surface area contributed by atoms with Crippen molar-refractivity contribution in [3.05, 3.63) is 21.5 Å². The Morgan fingerprint density at radius 2 is 1.36 bits per heavy atom. The summed E-state index contributed by atoms with van der Waals surface area (Å²) < 4.78 is 21.1. The smallest absolute Gasteiger partial charge is 0.172 e. The van der Waals surface area contributed by atoms with Gasteiger partial charge in [0.05, 0.1) is 6.61 Å². The third kappa shape index (κ3) is 3.64. The monoisotopic (exact) mass is 344 g/mol. The van der Waals surface area contributed by atoms with Gasteiger partial charge in [-0.1, -0.05) is 0 Å². The molecule has 2 aromatic rings. The molecule has 1 atom stereocenters. The van der Waals surface area contributed by atoms with Crippen LogP contribution in [0.5, 0.6) is 23.0 Å². The SMILES string of the molecule is OC1COc2cscc2OC1.OCC1COc2cscc2O1. The van der Waals surface area contributed by atoms with E-state index in [0.29, 0.717) is 19.8 Å². The lowest BCUT2D eigenvalue weighted by molar-refractivity contribution is 0.0466. The highest BCUT2D eigenvalue weighted by Gasteiger charge is 2.20. The summed E-state index contributed by atoms with van der Waals surface area (Å²) in [5.74, 6) is 3.03. The molecule has 120 valence electrons. The Labute approximate surface area is 135 Å². The molecule has 2 aromatic heterocycles. The van der Waals surface area contributed by atoms with Crippen molar-refractivity contribution in [2.24, 2.45) is 0 Å². The van der Waals surface area contributed by atoms with Crippen LogP contribution in [-0.2, 0) is 0 Å². The predicted molar refractivity (Wildman–Crippen MR) is 82.6 cm³/mol. The number of thiophene rings is 2. The van der Waals surface area contributed by atoms with Crippen LogP contribution in [0.4, 0.5) is 0 Å². The fraction of sp³-hybridized carbons (Fsp3) is 0.429. The number of aliphatic hydroxyl groups is 2. The fourth-order valence-corrected chi connectivity index (χ4v) is 3.21. The second kappa shape index (κ2) is 7.19. The Hall–Kier alpha value is -1.48. The lowest BCUT2D eigenvalue weighted by Crippen LogP contribution is -2.31. The quantitative estimate of drug-likeness (QED) is 0.821. The van der Waals surface area contributed by atoms with Gasteiger partial charge in [-0.2, -0.15) is 0 Å². The molecular weight excluding hydrogens is 328 g/mol. The van der Waals surface area contributed by atoms with Crippen LogP contribution >= 0.6 is 22.7 Å². The Bertz CT molecular complexity index is 565. The van der Waals surface area contributed by atoms with Crippen molar-refractivity contribution in [2.45, 2.75) is 12.2 Å². The van der Waals surface area contributed by atoms with Gasteiger partial charge in [0.25, 0.3) is 0 Å². The fourth-order valence-electron chi connectivity index (χ4n) is 1.86. The molecule has 0 aromatic carbocycles. The molecule has 4 heterocycles. The van der Waals surface area contributed by atoms with E-state index in [0.717, 1.165) is 23.0 Å². The Kier molecular flexibility index (Phi) is 5.04. The van der Waals surface area contributed by atoms with Crippen LogP contribution in [0.15, 0.2) is 21.5 Å². The summed E-state index contributed by atoms with van der Waals surface area (Å²) >= 11 is 3.07. The van der Waals surface area contributed by atoms with Crippen molar-refractivity contribution in [2.75, 3.05) is 26.4 Å². The van der Waals surface area contributed by atoms with Crippen LogP contribution in [0.3, 0.4) is 0 Å². The zero-order valence-electron chi connectivity index (χ0n) is 11.6. The molecule has 0 amide bonds. The van der Waals surface area contributed by atoms with Crippen LogP contribution in [0.2, 0.25) is 0 Å². The van der Waals surface area contributed by atoms with E-state index < -0.39 is 6.10 Å². The van der Waals surface area contributed by atoms with Crippen molar-refractivity contribution < 1.29 is 29.2 Å². The first kappa shape index (κ1) is 15.4. The molecule has 8 heteroatoms. The molecule has 0 saturated carbocycles. The highest BCUT2D eigenvalue weighted by molar-refractivity contribution is 7.08. The number of rotatable bonds is 1. The number of fused-ring (bicyclic) bond motifs is 2. The molecular formula is C14H16O6S2. The molecule has 22 heavy (non-hydrogen) atoms. The Morgan fingerprint density at radius 1 is 0.864 bits per heavy atom. The van der Waals surface area contributed by atoms with Crippen LogP contribution in [0.25, 0.3) is 0 Å². The molecule has 0 saturated heterocycles. The molecule has 0 fully saturated rings. The standard InChI is InChI=1S/2C7H8O3S/c8-5-1-9-6-3-11-4-7(6)10-2-5;8-1-5-2-9-6-3-11-4-7(6)10-5/h2*3-5,8H,1-2H2. The van der Waals surface area contributed by atoms with Crippen LogP contribution in [0, 0.1) is 0 Å². The number of ether oxygens (including phenoxy) is 4. The predicted octanol–water partition coefficient (Wildman–Crippen LogP) is 1.76. The first-order valence-corrected chi connectivity index (χ1v) is 8.61. The van der Waals surface area contributed by atoms with E-state index in [9.17, 15) is 0 Å². The highest BCUT2D eigenvalue weighted by Crippen LogP contribution is 2.35. The molecule has 6 nitrogen and oxygen atoms in total.